The minimum Gasteiger partial charge on any atom is -0.507 e. The molecule has 2 aromatic carbocycles. The van der Waals surface area contributed by atoms with E-state index in [1.807, 2.05) is 13.8 Å². The molecule has 0 bridgehead atoms. The number of fused-ring (bicyclic) bond motifs is 4. The number of phenolic OH excluding ortho intramolecular Hbond substituents is 1. The lowest BCUT2D eigenvalue weighted by Crippen LogP contribution is -2.40. The average Bonchev–Trinajstić information content (AvgIpc) is 2.97. The van der Waals surface area contributed by atoms with Gasteiger partial charge in [0, 0.05) is 17.2 Å². The van der Waals surface area contributed by atoms with Gasteiger partial charge in [-0.15, -0.1) is 0 Å². The lowest BCUT2D eigenvalue weighted by molar-refractivity contribution is 0.0977. The Labute approximate surface area is 139 Å². The summed E-state index contributed by atoms with van der Waals surface area (Å²) in [6, 6.07) is 8.28. The van der Waals surface area contributed by atoms with Crippen molar-refractivity contribution in [2.75, 3.05) is 10.6 Å². The first-order valence-electron chi connectivity index (χ1n) is 8.16. The fraction of sp³-hybridized carbons (Fsp3) is 0.263. The number of benzene rings is 2. The summed E-state index contributed by atoms with van der Waals surface area (Å²) in [7, 11) is 0. The molecule has 5 nitrogen and oxygen atoms in total. The average molecular weight is 322 g/mol. The Kier molecular flexibility index (Phi) is 2.97. The molecule has 5 heteroatoms. The van der Waals surface area contributed by atoms with Gasteiger partial charge < -0.3 is 15.7 Å². The highest BCUT2D eigenvalue weighted by Crippen LogP contribution is 2.47. The van der Waals surface area contributed by atoms with Gasteiger partial charge in [-0.2, -0.15) is 0 Å². The van der Waals surface area contributed by atoms with E-state index in [0.29, 0.717) is 22.5 Å². The maximum Gasteiger partial charge on any atom is 0.198 e. The van der Waals surface area contributed by atoms with Crippen LogP contribution in [0.5, 0.6) is 5.75 Å². The van der Waals surface area contributed by atoms with E-state index >= 15 is 0 Å². The summed E-state index contributed by atoms with van der Waals surface area (Å²) < 4.78 is 0. The van der Waals surface area contributed by atoms with Crippen LogP contribution >= 0.6 is 0 Å². The Morgan fingerprint density at radius 2 is 1.54 bits per heavy atom. The number of ketones is 2. The molecule has 122 valence electrons. The van der Waals surface area contributed by atoms with Crippen molar-refractivity contribution in [1.29, 1.82) is 0 Å². The van der Waals surface area contributed by atoms with Crippen molar-refractivity contribution >= 4 is 22.9 Å². The number of anilines is 2. The molecule has 0 amide bonds. The molecule has 4 rings (SSSR count). The highest BCUT2D eigenvalue weighted by Gasteiger charge is 2.41. The van der Waals surface area contributed by atoms with Crippen molar-refractivity contribution in [3.05, 3.63) is 52.6 Å². The molecule has 2 aromatic rings. The number of hydrogen-bond donors (Lipinski definition) is 3. The van der Waals surface area contributed by atoms with Crippen LogP contribution < -0.4 is 10.6 Å². The lowest BCUT2D eigenvalue weighted by atomic mass is 9.82. The molecule has 0 spiro atoms. The first kappa shape index (κ1) is 14.8. The summed E-state index contributed by atoms with van der Waals surface area (Å²) in [5, 5.41) is 17.2. The Balaban J connectivity index is 1.98. The van der Waals surface area contributed by atoms with Crippen molar-refractivity contribution in [3.8, 4) is 5.75 Å². The van der Waals surface area contributed by atoms with Crippen LogP contribution in [0.15, 0.2) is 30.3 Å². The quantitative estimate of drug-likeness (QED) is 0.629. The Hall–Kier alpha value is -2.82. The minimum atomic E-state index is -0.371. The third-order valence-electron chi connectivity index (χ3n) is 5.12. The Bertz CT molecular complexity index is 898. The van der Waals surface area contributed by atoms with Gasteiger partial charge in [0.1, 0.15) is 11.4 Å². The summed E-state index contributed by atoms with van der Waals surface area (Å²) in [5.74, 6) is -0.702. The molecule has 0 aromatic heterocycles. The summed E-state index contributed by atoms with van der Waals surface area (Å²) in [4.78, 5) is 25.8. The maximum absolute atomic E-state index is 13.0. The molecule has 0 fully saturated rings. The normalized spacial score (nSPS) is 16.8. The van der Waals surface area contributed by atoms with Crippen molar-refractivity contribution in [2.24, 2.45) is 0 Å². The van der Waals surface area contributed by atoms with Gasteiger partial charge in [-0.3, -0.25) is 9.59 Å². The molecule has 2 aliphatic rings. The van der Waals surface area contributed by atoms with Crippen LogP contribution in [-0.4, -0.2) is 22.3 Å². The molecule has 24 heavy (non-hydrogen) atoms. The third-order valence-corrected chi connectivity index (χ3v) is 5.12. The molecule has 1 aliphatic carbocycles. The van der Waals surface area contributed by atoms with Gasteiger partial charge in [0.15, 0.2) is 11.6 Å². The molecule has 3 N–H and O–H groups in total. The minimum absolute atomic E-state index is 0.0924. The molecule has 0 saturated carbocycles. The lowest BCUT2D eigenvalue weighted by Gasteiger charge is -2.28. The smallest absolute Gasteiger partial charge is 0.198 e. The fourth-order valence-electron chi connectivity index (χ4n) is 3.63. The third kappa shape index (κ3) is 1.75. The highest BCUT2D eigenvalue weighted by molar-refractivity contribution is 6.32. The summed E-state index contributed by atoms with van der Waals surface area (Å²) in [6.07, 6.45) is 1.60. The summed E-state index contributed by atoms with van der Waals surface area (Å²) in [6.45, 7) is 4.09. The number of carbonyl (C=O) groups excluding carboxylic acids is 2. The highest BCUT2D eigenvalue weighted by atomic mass is 16.3. The number of carbonyl (C=O) groups is 2. The van der Waals surface area contributed by atoms with Crippen LogP contribution in [0.1, 0.15) is 58.5 Å². The molecule has 1 heterocycles. The van der Waals surface area contributed by atoms with Gasteiger partial charge in [-0.05, 0) is 12.8 Å². The van der Waals surface area contributed by atoms with Gasteiger partial charge in [-0.25, -0.2) is 0 Å². The van der Waals surface area contributed by atoms with Gasteiger partial charge in [0.25, 0.3) is 0 Å². The van der Waals surface area contributed by atoms with E-state index in [9.17, 15) is 14.7 Å². The molecular weight excluding hydrogens is 304 g/mol. The van der Waals surface area contributed by atoms with E-state index in [4.69, 9.17) is 0 Å². The molecule has 0 unspecified atom stereocenters. The van der Waals surface area contributed by atoms with Gasteiger partial charge in [-0.1, -0.05) is 38.1 Å². The molecular formula is C19H18N2O3. The van der Waals surface area contributed by atoms with E-state index in [0.717, 1.165) is 12.8 Å². The second-order valence-electron chi connectivity index (χ2n) is 6.31. The summed E-state index contributed by atoms with van der Waals surface area (Å²) >= 11 is 0. The fourth-order valence-corrected chi connectivity index (χ4v) is 3.63. The number of hydrogen-bond acceptors (Lipinski definition) is 5. The van der Waals surface area contributed by atoms with Gasteiger partial charge in [0.05, 0.1) is 22.5 Å². The maximum atomic E-state index is 13.0. The zero-order valence-electron chi connectivity index (χ0n) is 13.6. The second-order valence-corrected chi connectivity index (χ2v) is 6.31. The number of aromatic hydroxyl groups is 1. The summed E-state index contributed by atoms with van der Waals surface area (Å²) in [5.41, 5.74) is 1.99. The van der Waals surface area contributed by atoms with E-state index in [2.05, 4.69) is 10.6 Å². The van der Waals surface area contributed by atoms with Crippen molar-refractivity contribution in [2.45, 2.75) is 32.4 Å². The molecule has 0 radical (unpaired) electrons. The zero-order chi connectivity index (χ0) is 17.1. The van der Waals surface area contributed by atoms with Crippen LogP contribution in [0.4, 0.5) is 11.4 Å². The largest absolute Gasteiger partial charge is 0.507 e. The standard InChI is InChI=1S/C19H18N2O3/c1-3-19(4-2)20-12-9-13(22)14-15(16(12)21-19)18(24)11-8-6-5-7-10(11)17(14)23/h5-9,20-22H,3-4H2,1-2H3. The van der Waals surface area contributed by atoms with Gasteiger partial charge >= 0.3 is 0 Å². The SMILES string of the molecule is CCC1(CC)Nc2cc(O)c3c(c2N1)C(=O)c1ccccc1C3=O. The van der Waals surface area contributed by atoms with E-state index in [-0.39, 0.29) is 34.1 Å². The predicted molar refractivity (Wildman–Crippen MR) is 92.0 cm³/mol. The molecule has 0 atom stereocenters. The zero-order valence-corrected chi connectivity index (χ0v) is 13.6. The number of nitrogens with one attached hydrogen (secondary N) is 2. The molecule has 1 aliphatic heterocycles. The Morgan fingerprint density at radius 3 is 2.12 bits per heavy atom. The van der Waals surface area contributed by atoms with Crippen molar-refractivity contribution in [3.63, 3.8) is 0 Å². The number of phenols is 1. The van der Waals surface area contributed by atoms with E-state index in [1.165, 1.54) is 6.07 Å². The van der Waals surface area contributed by atoms with Crippen LogP contribution in [-0.2, 0) is 0 Å². The van der Waals surface area contributed by atoms with E-state index in [1.54, 1.807) is 24.3 Å². The van der Waals surface area contributed by atoms with Crippen LogP contribution in [0.2, 0.25) is 0 Å². The predicted octanol–water partition coefficient (Wildman–Crippen LogP) is 3.52. The monoisotopic (exact) mass is 322 g/mol. The van der Waals surface area contributed by atoms with E-state index < -0.39 is 0 Å². The van der Waals surface area contributed by atoms with Crippen molar-refractivity contribution < 1.29 is 14.7 Å². The van der Waals surface area contributed by atoms with Crippen LogP contribution in [0.25, 0.3) is 0 Å². The topological polar surface area (TPSA) is 78.4 Å². The first-order valence-corrected chi connectivity index (χ1v) is 8.16. The van der Waals surface area contributed by atoms with Crippen molar-refractivity contribution in [1.82, 2.24) is 0 Å². The Morgan fingerprint density at radius 1 is 0.958 bits per heavy atom. The molecule has 0 saturated heterocycles. The van der Waals surface area contributed by atoms with Crippen LogP contribution in [0.3, 0.4) is 0 Å². The first-order chi connectivity index (χ1) is 11.5. The van der Waals surface area contributed by atoms with Gasteiger partial charge in [0.2, 0.25) is 0 Å². The number of rotatable bonds is 2. The second kappa shape index (κ2) is 4.84. The van der Waals surface area contributed by atoms with Crippen LogP contribution in [0, 0.1) is 0 Å².